The summed E-state index contributed by atoms with van der Waals surface area (Å²) in [4.78, 5) is 39.4. The van der Waals surface area contributed by atoms with Gasteiger partial charge in [0, 0.05) is 28.1 Å². The number of rotatable bonds is 7. The molecule has 0 saturated carbocycles. The molecular weight excluding hydrogens is 489 g/mol. The van der Waals surface area contributed by atoms with Crippen LogP contribution >= 0.6 is 23.2 Å². The number of likely N-dealkylation sites (tertiary alicyclic amines) is 1. The van der Waals surface area contributed by atoms with Crippen LogP contribution in [0, 0.1) is 0 Å². The van der Waals surface area contributed by atoms with Crippen molar-refractivity contribution < 1.29 is 24.6 Å². The first kappa shape index (κ1) is 24.5. The summed E-state index contributed by atoms with van der Waals surface area (Å²) in [6, 6.07) is 20.9. The number of aliphatic hydroxyl groups is 1. The van der Waals surface area contributed by atoms with Crippen molar-refractivity contribution in [3.8, 4) is 0 Å². The monoisotopic (exact) mass is 509 g/mol. The molecule has 1 aliphatic heterocycles. The molecule has 35 heavy (non-hydrogen) atoms. The maximum atomic E-state index is 13.2. The maximum Gasteiger partial charge on any atom is 0.304 e. The van der Waals surface area contributed by atoms with Gasteiger partial charge in [0.1, 0.15) is 5.76 Å². The van der Waals surface area contributed by atoms with E-state index in [0.717, 1.165) is 5.56 Å². The van der Waals surface area contributed by atoms with Crippen LogP contribution in [0.2, 0.25) is 10.0 Å². The molecule has 0 aromatic heterocycles. The lowest BCUT2D eigenvalue weighted by Gasteiger charge is -2.29. The summed E-state index contributed by atoms with van der Waals surface area (Å²) in [6.45, 7) is -0.0361. The highest BCUT2D eigenvalue weighted by molar-refractivity contribution is 6.46. The number of carboxylic acid groups (broad SMARTS) is 1. The van der Waals surface area contributed by atoms with Crippen LogP contribution in [0.3, 0.4) is 0 Å². The molecule has 0 spiro atoms. The molecule has 1 saturated heterocycles. The Morgan fingerprint density at radius 1 is 0.857 bits per heavy atom. The van der Waals surface area contributed by atoms with E-state index in [0.29, 0.717) is 21.2 Å². The zero-order chi connectivity index (χ0) is 25.1. The Hall–Kier alpha value is -3.61. The highest BCUT2D eigenvalue weighted by atomic mass is 35.5. The lowest BCUT2D eigenvalue weighted by molar-refractivity contribution is -0.141. The third kappa shape index (κ3) is 5.24. The molecule has 1 fully saturated rings. The van der Waals surface area contributed by atoms with Crippen molar-refractivity contribution in [1.82, 2.24) is 4.90 Å². The number of benzene rings is 3. The zero-order valence-electron chi connectivity index (χ0n) is 18.4. The van der Waals surface area contributed by atoms with Crippen LogP contribution in [-0.4, -0.2) is 39.3 Å². The Balaban J connectivity index is 1.83. The second-order valence-electron chi connectivity index (χ2n) is 8.22. The fourth-order valence-corrected chi connectivity index (χ4v) is 4.54. The topological polar surface area (TPSA) is 94.9 Å². The summed E-state index contributed by atoms with van der Waals surface area (Å²) in [6.07, 6.45) is -0.239. The van der Waals surface area contributed by atoms with Crippen molar-refractivity contribution in [3.05, 3.63) is 111 Å². The lowest BCUT2D eigenvalue weighted by atomic mass is 9.92. The van der Waals surface area contributed by atoms with Gasteiger partial charge in [-0.1, -0.05) is 65.7 Å². The van der Waals surface area contributed by atoms with Gasteiger partial charge in [-0.2, -0.15) is 0 Å². The number of nitrogens with zero attached hydrogens (tertiary/aromatic N) is 1. The van der Waals surface area contributed by atoms with Crippen molar-refractivity contribution in [3.63, 3.8) is 0 Å². The molecule has 178 valence electrons. The molecule has 0 aliphatic carbocycles. The number of carbonyl (C=O) groups excluding carboxylic acids is 2. The van der Waals surface area contributed by atoms with Crippen LogP contribution in [0.1, 0.15) is 35.1 Å². The minimum absolute atomic E-state index is 0.0361. The van der Waals surface area contributed by atoms with E-state index in [1.165, 1.54) is 4.90 Å². The second kappa shape index (κ2) is 10.3. The van der Waals surface area contributed by atoms with Crippen LogP contribution in [0.15, 0.2) is 84.4 Å². The van der Waals surface area contributed by atoms with E-state index >= 15 is 0 Å². The number of carbonyl (C=O) groups is 3. The van der Waals surface area contributed by atoms with Gasteiger partial charge in [-0.05, 0) is 47.5 Å². The third-order valence-electron chi connectivity index (χ3n) is 5.95. The summed E-state index contributed by atoms with van der Waals surface area (Å²) in [7, 11) is 0. The fourth-order valence-electron chi connectivity index (χ4n) is 4.28. The van der Waals surface area contributed by atoms with Gasteiger partial charge in [0.15, 0.2) is 0 Å². The van der Waals surface area contributed by atoms with Crippen molar-refractivity contribution >= 4 is 46.6 Å². The van der Waals surface area contributed by atoms with Gasteiger partial charge in [-0.15, -0.1) is 0 Å². The minimum Gasteiger partial charge on any atom is -0.507 e. The molecule has 8 heteroatoms. The number of aliphatic hydroxyl groups excluding tert-OH is 1. The number of Topliss-reactive ketones (excluding diaryl/α,β-unsaturated/α-hetero) is 1. The largest absolute Gasteiger partial charge is 0.507 e. The van der Waals surface area contributed by atoms with E-state index in [1.54, 1.807) is 72.8 Å². The summed E-state index contributed by atoms with van der Waals surface area (Å²) >= 11 is 12.0. The van der Waals surface area contributed by atoms with Crippen molar-refractivity contribution in [2.24, 2.45) is 0 Å². The number of halogens is 2. The lowest BCUT2D eigenvalue weighted by Crippen LogP contribution is -2.34. The molecule has 2 N–H and O–H groups in total. The van der Waals surface area contributed by atoms with Gasteiger partial charge in [0.25, 0.3) is 11.7 Å². The first-order chi connectivity index (χ1) is 16.8. The Morgan fingerprint density at radius 2 is 1.43 bits per heavy atom. The number of hydrogen-bond acceptors (Lipinski definition) is 4. The van der Waals surface area contributed by atoms with E-state index in [2.05, 4.69) is 0 Å². The van der Waals surface area contributed by atoms with Crippen molar-refractivity contribution in [2.45, 2.75) is 18.4 Å². The Kier molecular flexibility index (Phi) is 7.24. The Bertz CT molecular complexity index is 1290. The van der Waals surface area contributed by atoms with Crippen LogP contribution in [0.5, 0.6) is 0 Å². The molecule has 2 unspecified atom stereocenters. The van der Waals surface area contributed by atoms with Crippen LogP contribution < -0.4 is 0 Å². The smallest absolute Gasteiger partial charge is 0.304 e. The molecule has 6 nitrogen and oxygen atoms in total. The summed E-state index contributed by atoms with van der Waals surface area (Å²) < 4.78 is 0. The fraction of sp³-hybridized carbons (Fsp3) is 0.148. The highest BCUT2D eigenvalue weighted by Gasteiger charge is 2.46. The first-order valence-electron chi connectivity index (χ1n) is 10.8. The molecule has 1 heterocycles. The average molecular weight is 510 g/mol. The van der Waals surface area contributed by atoms with Gasteiger partial charge >= 0.3 is 5.97 Å². The maximum absolute atomic E-state index is 13.2. The van der Waals surface area contributed by atoms with E-state index in [-0.39, 0.29) is 24.3 Å². The zero-order valence-corrected chi connectivity index (χ0v) is 19.9. The quantitative estimate of drug-likeness (QED) is 0.243. The Labute approximate surface area is 212 Å². The standard InChI is InChI=1S/C27H21Cl2NO5/c28-20-10-6-17(7-11-20)24-23(25(33)18-8-12-21(29)13-9-18)26(34)27(35)30(24)15-19(14-22(31)32)16-4-2-1-3-5-16/h1-13,19,24,33H,14-15H2,(H,31,32). The van der Waals surface area contributed by atoms with Gasteiger partial charge in [-0.25, -0.2) is 0 Å². The van der Waals surface area contributed by atoms with Crippen molar-refractivity contribution in [1.29, 1.82) is 0 Å². The van der Waals surface area contributed by atoms with Gasteiger partial charge in [-0.3, -0.25) is 14.4 Å². The molecular formula is C27H21Cl2NO5. The number of amides is 1. The number of hydrogen-bond donors (Lipinski definition) is 2. The van der Waals surface area contributed by atoms with E-state index in [1.807, 2.05) is 6.07 Å². The van der Waals surface area contributed by atoms with Gasteiger partial charge in [0.2, 0.25) is 0 Å². The molecule has 0 bridgehead atoms. The van der Waals surface area contributed by atoms with E-state index in [9.17, 15) is 24.6 Å². The molecule has 3 aromatic rings. The Morgan fingerprint density at radius 3 is 2.00 bits per heavy atom. The van der Waals surface area contributed by atoms with Crippen LogP contribution in [0.4, 0.5) is 0 Å². The molecule has 2 atom stereocenters. The van der Waals surface area contributed by atoms with Crippen LogP contribution in [-0.2, 0) is 14.4 Å². The first-order valence-corrected chi connectivity index (χ1v) is 11.6. The molecule has 3 aromatic carbocycles. The third-order valence-corrected chi connectivity index (χ3v) is 6.46. The molecule has 1 aliphatic rings. The van der Waals surface area contributed by atoms with Crippen LogP contribution in [0.25, 0.3) is 5.76 Å². The SMILES string of the molecule is O=C(O)CC(CN1C(=O)C(=O)C(=C(O)c2ccc(Cl)cc2)C1c1ccc(Cl)cc1)c1ccccc1. The van der Waals surface area contributed by atoms with Gasteiger partial charge in [0.05, 0.1) is 18.0 Å². The highest BCUT2D eigenvalue weighted by Crippen LogP contribution is 2.41. The number of carboxylic acids is 1. The summed E-state index contributed by atoms with van der Waals surface area (Å²) in [5, 5.41) is 21.6. The molecule has 4 rings (SSSR count). The van der Waals surface area contributed by atoms with Gasteiger partial charge < -0.3 is 15.1 Å². The minimum atomic E-state index is -1.03. The average Bonchev–Trinajstić information content (AvgIpc) is 3.09. The molecule has 0 radical (unpaired) electrons. The van der Waals surface area contributed by atoms with E-state index in [4.69, 9.17) is 23.2 Å². The molecule has 1 amide bonds. The summed E-state index contributed by atoms with van der Waals surface area (Å²) in [5.41, 5.74) is 1.54. The second-order valence-corrected chi connectivity index (χ2v) is 9.09. The summed E-state index contributed by atoms with van der Waals surface area (Å²) in [5.74, 6) is -3.60. The predicted molar refractivity (Wildman–Crippen MR) is 133 cm³/mol. The predicted octanol–water partition coefficient (Wildman–Crippen LogP) is 5.67. The number of aliphatic carboxylic acids is 1. The van der Waals surface area contributed by atoms with Crippen molar-refractivity contribution in [2.75, 3.05) is 6.54 Å². The van der Waals surface area contributed by atoms with E-state index < -0.39 is 29.6 Å². The normalized spacial score (nSPS) is 18.0. The number of ketones is 1.